The number of fused-ring (bicyclic) bond motifs is 13. The average Bonchev–Trinajstić information content (AvgIpc) is 4.01. The van der Waals surface area contributed by atoms with Gasteiger partial charge in [0.2, 0.25) is 0 Å². The lowest BCUT2D eigenvalue weighted by atomic mass is 10.0. The minimum Gasteiger partial charge on any atom is -0.456 e. The molecule has 63 heavy (non-hydrogen) atoms. The monoisotopic (exact) mass is 804 g/mol. The summed E-state index contributed by atoms with van der Waals surface area (Å²) in [6.07, 6.45) is 0. The number of para-hydroxylation sites is 2. The average molecular weight is 805 g/mol. The normalized spacial score (nSPS) is 12.1. The van der Waals surface area contributed by atoms with E-state index in [1.165, 1.54) is 32.3 Å². The Hall–Kier alpha value is -8.61. The number of benzene rings is 10. The summed E-state index contributed by atoms with van der Waals surface area (Å²) >= 11 is 0. The van der Waals surface area contributed by atoms with Crippen molar-refractivity contribution < 1.29 is 8.83 Å². The van der Waals surface area contributed by atoms with E-state index in [1.54, 1.807) is 0 Å². The SMILES string of the molecule is c1ccc(-c2nc(-c3ccc4oc5ccccc5c4c3)nc(-c3cccc4c3oc3c5ccccc5c(-n5c6cc7ccccc7cc6c6cc7ccccc7cc65)cc43)n2)cc1. The molecule has 10 aromatic carbocycles. The van der Waals surface area contributed by atoms with Gasteiger partial charge in [-0.25, -0.2) is 15.0 Å². The van der Waals surface area contributed by atoms with E-state index in [0.29, 0.717) is 17.5 Å². The van der Waals surface area contributed by atoms with Crippen LogP contribution in [0, 0.1) is 0 Å². The molecule has 0 radical (unpaired) electrons. The third kappa shape index (κ3) is 5.09. The maximum absolute atomic E-state index is 7.08. The van der Waals surface area contributed by atoms with Crippen LogP contribution in [-0.4, -0.2) is 19.5 Å². The van der Waals surface area contributed by atoms with Crippen molar-refractivity contribution in [1.82, 2.24) is 19.5 Å². The van der Waals surface area contributed by atoms with Gasteiger partial charge in [-0.15, -0.1) is 0 Å². The molecule has 0 spiro atoms. The number of rotatable bonds is 4. The Morgan fingerprint density at radius 1 is 0.317 bits per heavy atom. The smallest absolute Gasteiger partial charge is 0.167 e. The molecule has 0 N–H and O–H groups in total. The summed E-state index contributed by atoms with van der Waals surface area (Å²) < 4.78 is 15.7. The van der Waals surface area contributed by atoms with Crippen molar-refractivity contribution in [3.63, 3.8) is 0 Å². The Morgan fingerprint density at radius 3 is 1.60 bits per heavy atom. The molecule has 4 aromatic heterocycles. The molecule has 0 saturated heterocycles. The second-order valence-electron chi connectivity index (χ2n) is 16.4. The zero-order valence-corrected chi connectivity index (χ0v) is 33.6. The summed E-state index contributed by atoms with van der Waals surface area (Å²) in [6, 6.07) is 68.2. The molecule has 0 bridgehead atoms. The lowest BCUT2D eigenvalue weighted by molar-refractivity contribution is 0.669. The minimum absolute atomic E-state index is 0.534. The van der Waals surface area contributed by atoms with E-state index in [1.807, 2.05) is 60.7 Å². The quantitative estimate of drug-likeness (QED) is 0.177. The molecule has 0 amide bonds. The summed E-state index contributed by atoms with van der Waals surface area (Å²) in [5, 5.41) is 13.5. The number of aromatic nitrogens is 4. The van der Waals surface area contributed by atoms with Crippen molar-refractivity contribution in [2.75, 3.05) is 0 Å². The first-order chi connectivity index (χ1) is 31.2. The maximum Gasteiger partial charge on any atom is 0.167 e. The molecule has 0 aliphatic carbocycles. The van der Waals surface area contributed by atoms with Crippen LogP contribution in [0.5, 0.6) is 0 Å². The van der Waals surface area contributed by atoms with Gasteiger partial charge >= 0.3 is 0 Å². The molecule has 14 aromatic rings. The highest BCUT2D eigenvalue weighted by Crippen LogP contribution is 2.44. The molecule has 0 saturated carbocycles. The Morgan fingerprint density at radius 2 is 0.873 bits per heavy atom. The van der Waals surface area contributed by atoms with E-state index in [4.69, 9.17) is 23.8 Å². The Kier molecular flexibility index (Phi) is 7.02. The predicted octanol–water partition coefficient (Wildman–Crippen LogP) is 15.2. The fourth-order valence-corrected chi connectivity index (χ4v) is 9.82. The first-order valence-corrected chi connectivity index (χ1v) is 21.2. The van der Waals surface area contributed by atoms with Gasteiger partial charge in [0.05, 0.1) is 22.3 Å². The van der Waals surface area contributed by atoms with Crippen molar-refractivity contribution in [3.05, 3.63) is 194 Å². The zero-order chi connectivity index (χ0) is 41.2. The van der Waals surface area contributed by atoms with Crippen LogP contribution >= 0.6 is 0 Å². The van der Waals surface area contributed by atoms with Gasteiger partial charge in [-0.05, 0) is 82.2 Å². The lowest BCUT2D eigenvalue weighted by Gasteiger charge is -2.13. The molecule has 6 nitrogen and oxygen atoms in total. The molecule has 0 aliphatic heterocycles. The highest BCUT2D eigenvalue weighted by atomic mass is 16.3. The van der Waals surface area contributed by atoms with E-state index in [2.05, 4.69) is 138 Å². The molecule has 0 fully saturated rings. The molecule has 14 rings (SSSR count). The van der Waals surface area contributed by atoms with Gasteiger partial charge in [0.25, 0.3) is 0 Å². The van der Waals surface area contributed by atoms with E-state index in [0.717, 1.165) is 88.1 Å². The molecular formula is C57H32N4O2. The van der Waals surface area contributed by atoms with Crippen LogP contribution in [0.15, 0.2) is 203 Å². The Balaban J connectivity index is 1.03. The van der Waals surface area contributed by atoms with E-state index in [-0.39, 0.29) is 0 Å². The van der Waals surface area contributed by atoms with Gasteiger partial charge in [0.1, 0.15) is 22.3 Å². The molecule has 0 unspecified atom stereocenters. The molecule has 6 heteroatoms. The molecule has 292 valence electrons. The largest absolute Gasteiger partial charge is 0.456 e. The minimum atomic E-state index is 0.534. The van der Waals surface area contributed by atoms with Crippen LogP contribution in [0.25, 0.3) is 138 Å². The number of hydrogen-bond acceptors (Lipinski definition) is 5. The van der Waals surface area contributed by atoms with Gasteiger partial charge < -0.3 is 13.4 Å². The van der Waals surface area contributed by atoms with Crippen LogP contribution in [0.3, 0.4) is 0 Å². The van der Waals surface area contributed by atoms with Crippen molar-refractivity contribution in [1.29, 1.82) is 0 Å². The van der Waals surface area contributed by atoms with Crippen molar-refractivity contribution >= 4 is 98.0 Å². The zero-order valence-electron chi connectivity index (χ0n) is 33.6. The Bertz CT molecular complexity index is 4120. The third-order valence-electron chi connectivity index (χ3n) is 12.8. The first kappa shape index (κ1) is 34.1. The van der Waals surface area contributed by atoms with Gasteiger partial charge in [-0.3, -0.25) is 0 Å². The van der Waals surface area contributed by atoms with E-state index >= 15 is 0 Å². The summed E-state index contributed by atoms with van der Waals surface area (Å²) in [5.74, 6) is 1.68. The van der Waals surface area contributed by atoms with Crippen LogP contribution < -0.4 is 0 Å². The highest BCUT2D eigenvalue weighted by Gasteiger charge is 2.23. The standard InChI is InChI=1S/C57H32N4O2/c1-2-13-33(14-3-1)55-58-56(38-25-26-52-46(29-38)40-20-10-11-24-51(40)62-52)60-57(59-55)43-23-12-22-42-47-32-50(39-19-8-9-21-41(39)54(47)63-53(42)43)61-48-30-36-17-6-4-15-34(36)27-44(48)45-28-35-16-5-7-18-37(35)31-49(45)61/h1-32H. The summed E-state index contributed by atoms with van der Waals surface area (Å²) in [7, 11) is 0. The fraction of sp³-hybridized carbons (Fsp3) is 0. The van der Waals surface area contributed by atoms with Crippen LogP contribution in [-0.2, 0) is 0 Å². The Labute approximate surface area is 358 Å². The third-order valence-corrected chi connectivity index (χ3v) is 12.8. The van der Waals surface area contributed by atoms with Crippen LogP contribution in [0.4, 0.5) is 0 Å². The first-order valence-electron chi connectivity index (χ1n) is 21.2. The van der Waals surface area contributed by atoms with Gasteiger partial charge in [0, 0.05) is 54.2 Å². The molecule has 4 heterocycles. The molecular weight excluding hydrogens is 773 g/mol. The summed E-state index contributed by atoms with van der Waals surface area (Å²) in [5.41, 5.74) is 9.18. The number of hydrogen-bond donors (Lipinski definition) is 0. The van der Waals surface area contributed by atoms with Crippen molar-refractivity contribution in [2.24, 2.45) is 0 Å². The van der Waals surface area contributed by atoms with E-state index in [9.17, 15) is 0 Å². The van der Waals surface area contributed by atoms with Gasteiger partial charge in [-0.2, -0.15) is 0 Å². The predicted molar refractivity (Wildman–Crippen MR) is 258 cm³/mol. The van der Waals surface area contributed by atoms with Crippen molar-refractivity contribution in [3.8, 4) is 39.9 Å². The van der Waals surface area contributed by atoms with Crippen LogP contribution in [0.2, 0.25) is 0 Å². The van der Waals surface area contributed by atoms with E-state index < -0.39 is 0 Å². The number of nitrogens with zero attached hydrogens (tertiary/aromatic N) is 4. The van der Waals surface area contributed by atoms with Gasteiger partial charge in [-0.1, -0.05) is 133 Å². The molecule has 0 aliphatic rings. The number of furan rings is 2. The topological polar surface area (TPSA) is 69.9 Å². The second kappa shape index (κ2) is 12.9. The van der Waals surface area contributed by atoms with Crippen LogP contribution in [0.1, 0.15) is 0 Å². The summed E-state index contributed by atoms with van der Waals surface area (Å²) in [4.78, 5) is 15.4. The summed E-state index contributed by atoms with van der Waals surface area (Å²) in [6.45, 7) is 0. The maximum atomic E-state index is 7.08. The van der Waals surface area contributed by atoms with Gasteiger partial charge in [0.15, 0.2) is 17.5 Å². The second-order valence-corrected chi connectivity index (χ2v) is 16.4. The highest BCUT2D eigenvalue weighted by molar-refractivity contribution is 6.22. The lowest BCUT2D eigenvalue weighted by Crippen LogP contribution is -2.00. The molecule has 0 atom stereocenters. The van der Waals surface area contributed by atoms with Crippen molar-refractivity contribution in [2.45, 2.75) is 0 Å². The fourth-order valence-electron chi connectivity index (χ4n) is 9.82.